The number of hydrogen-bond donors (Lipinski definition) is 1. The van der Waals surface area contributed by atoms with E-state index >= 15 is 0 Å². The van der Waals surface area contributed by atoms with Gasteiger partial charge in [-0.25, -0.2) is 0 Å². The fraction of sp³-hybridized carbons (Fsp3) is 0.312. The van der Waals surface area contributed by atoms with Crippen LogP contribution in [0.15, 0.2) is 29.6 Å². The Morgan fingerprint density at radius 2 is 2.18 bits per heavy atom. The minimum Gasteiger partial charge on any atom is -0.454 e. The van der Waals surface area contributed by atoms with Crippen molar-refractivity contribution in [2.45, 2.75) is 19.9 Å². The van der Waals surface area contributed by atoms with Crippen LogP contribution in [0.5, 0.6) is 11.5 Å². The van der Waals surface area contributed by atoms with Gasteiger partial charge in [-0.3, -0.25) is 4.79 Å². The molecule has 1 aliphatic heterocycles. The van der Waals surface area contributed by atoms with Gasteiger partial charge in [0.05, 0.1) is 11.1 Å². The average Bonchev–Trinajstić information content (AvgIpc) is 3.14. The summed E-state index contributed by atoms with van der Waals surface area (Å²) in [6.07, 6.45) is 0. The second kappa shape index (κ2) is 6.18. The maximum absolute atomic E-state index is 12.5. The first kappa shape index (κ1) is 15.2. The predicted molar refractivity (Wildman–Crippen MR) is 86.9 cm³/mol. The summed E-state index contributed by atoms with van der Waals surface area (Å²) < 4.78 is 10.6. The van der Waals surface area contributed by atoms with Gasteiger partial charge in [0, 0.05) is 10.4 Å². The molecule has 4 nitrogen and oxygen atoms in total. The van der Waals surface area contributed by atoms with E-state index in [1.807, 2.05) is 17.5 Å². The second-order valence-corrected chi connectivity index (χ2v) is 6.79. The van der Waals surface area contributed by atoms with E-state index < -0.39 is 0 Å². The molecule has 3 rings (SSSR count). The Morgan fingerprint density at radius 1 is 1.36 bits per heavy atom. The molecule has 0 radical (unpaired) electrons. The highest BCUT2D eigenvalue weighted by molar-refractivity contribution is 7.10. The summed E-state index contributed by atoms with van der Waals surface area (Å²) in [5.74, 6) is 1.12. The van der Waals surface area contributed by atoms with Gasteiger partial charge in [-0.15, -0.1) is 11.3 Å². The lowest BCUT2D eigenvalue weighted by molar-refractivity contribution is 0.0926. The number of thiophene rings is 1. The molecule has 1 aliphatic rings. The minimum absolute atomic E-state index is 0.0308. The van der Waals surface area contributed by atoms with E-state index in [0.717, 1.165) is 4.88 Å². The third kappa shape index (κ3) is 2.91. The summed E-state index contributed by atoms with van der Waals surface area (Å²) in [6.45, 7) is 4.29. The first-order valence-corrected chi connectivity index (χ1v) is 8.25. The summed E-state index contributed by atoms with van der Waals surface area (Å²) in [5, 5.41) is 5.46. The quantitative estimate of drug-likeness (QED) is 0.906. The summed E-state index contributed by atoms with van der Waals surface area (Å²) in [7, 11) is 0. The number of benzene rings is 1. The number of amides is 1. The van der Waals surface area contributed by atoms with E-state index in [9.17, 15) is 4.79 Å². The summed E-state index contributed by atoms with van der Waals surface area (Å²) in [5.41, 5.74) is 0.469. The van der Waals surface area contributed by atoms with Crippen LogP contribution in [-0.4, -0.2) is 12.7 Å². The van der Waals surface area contributed by atoms with Crippen LogP contribution in [-0.2, 0) is 0 Å². The molecule has 6 heteroatoms. The molecular weight excluding hydrogens is 322 g/mol. The van der Waals surface area contributed by atoms with Crippen molar-refractivity contribution < 1.29 is 14.3 Å². The standard InChI is InChI=1S/C16H16ClNO3S/c1-9(2)14(13-4-3-5-22-13)18-16(19)10-6-11(17)15-12(7-10)20-8-21-15/h3-7,9,14H,8H2,1-2H3,(H,18,19)/t14-/m1/s1. The number of halogens is 1. The molecule has 116 valence electrons. The first-order valence-electron chi connectivity index (χ1n) is 6.99. The molecule has 2 aromatic rings. The SMILES string of the molecule is CC(C)[C@@H](NC(=O)c1cc(Cl)c2c(c1)OCO2)c1cccs1. The van der Waals surface area contributed by atoms with Gasteiger partial charge in [0.15, 0.2) is 11.5 Å². The van der Waals surface area contributed by atoms with Gasteiger partial charge >= 0.3 is 0 Å². The Morgan fingerprint density at radius 3 is 2.86 bits per heavy atom. The molecule has 0 aliphatic carbocycles. The number of carbonyl (C=O) groups excluding carboxylic acids is 1. The lowest BCUT2D eigenvalue weighted by Gasteiger charge is -2.21. The average molecular weight is 338 g/mol. The molecular formula is C16H16ClNO3S. The maximum atomic E-state index is 12.5. The van der Waals surface area contributed by atoms with Gasteiger partial charge in [-0.1, -0.05) is 31.5 Å². The van der Waals surface area contributed by atoms with Crippen molar-refractivity contribution in [3.05, 3.63) is 45.1 Å². The molecule has 1 aromatic carbocycles. The third-order valence-electron chi connectivity index (χ3n) is 3.49. The van der Waals surface area contributed by atoms with Crippen molar-refractivity contribution >= 4 is 28.8 Å². The highest BCUT2D eigenvalue weighted by Gasteiger charge is 2.24. The lowest BCUT2D eigenvalue weighted by atomic mass is 10.0. The van der Waals surface area contributed by atoms with Crippen molar-refractivity contribution in [1.82, 2.24) is 5.32 Å². The fourth-order valence-electron chi connectivity index (χ4n) is 2.36. The van der Waals surface area contributed by atoms with E-state index in [2.05, 4.69) is 19.2 Å². The van der Waals surface area contributed by atoms with E-state index in [4.69, 9.17) is 21.1 Å². The van der Waals surface area contributed by atoms with Crippen LogP contribution < -0.4 is 14.8 Å². The van der Waals surface area contributed by atoms with Crippen molar-refractivity contribution in [3.63, 3.8) is 0 Å². The monoisotopic (exact) mass is 337 g/mol. The van der Waals surface area contributed by atoms with E-state index in [1.54, 1.807) is 23.5 Å². The van der Waals surface area contributed by atoms with E-state index in [1.165, 1.54) is 0 Å². The maximum Gasteiger partial charge on any atom is 0.251 e. The minimum atomic E-state index is -0.174. The largest absolute Gasteiger partial charge is 0.454 e. The molecule has 22 heavy (non-hydrogen) atoms. The van der Waals surface area contributed by atoms with Gasteiger partial charge in [0.1, 0.15) is 0 Å². The van der Waals surface area contributed by atoms with Crippen molar-refractivity contribution in [1.29, 1.82) is 0 Å². The smallest absolute Gasteiger partial charge is 0.251 e. The Labute approximate surface area is 138 Å². The number of ether oxygens (including phenoxy) is 2. The lowest BCUT2D eigenvalue weighted by Crippen LogP contribution is -2.31. The molecule has 0 bridgehead atoms. The molecule has 0 saturated carbocycles. The zero-order valence-electron chi connectivity index (χ0n) is 12.3. The van der Waals surface area contributed by atoms with Crippen LogP contribution >= 0.6 is 22.9 Å². The fourth-order valence-corrected chi connectivity index (χ4v) is 3.57. The van der Waals surface area contributed by atoms with Gasteiger partial charge < -0.3 is 14.8 Å². The van der Waals surface area contributed by atoms with Crippen LogP contribution in [0.3, 0.4) is 0 Å². The number of hydrogen-bond acceptors (Lipinski definition) is 4. The highest BCUT2D eigenvalue weighted by atomic mass is 35.5. The highest BCUT2D eigenvalue weighted by Crippen LogP contribution is 2.40. The Balaban J connectivity index is 1.83. The summed E-state index contributed by atoms with van der Waals surface area (Å²) in [4.78, 5) is 13.7. The van der Waals surface area contributed by atoms with Crippen LogP contribution in [0.4, 0.5) is 0 Å². The normalized spacial score (nSPS) is 14.2. The van der Waals surface area contributed by atoms with Crippen molar-refractivity contribution in [2.24, 2.45) is 5.92 Å². The van der Waals surface area contributed by atoms with Gasteiger partial charge in [-0.2, -0.15) is 0 Å². The molecule has 0 spiro atoms. The van der Waals surface area contributed by atoms with Gasteiger partial charge in [-0.05, 0) is 29.5 Å². The predicted octanol–water partition coefficient (Wildman–Crippen LogP) is 4.26. The van der Waals surface area contributed by atoms with E-state index in [0.29, 0.717) is 22.1 Å². The van der Waals surface area contributed by atoms with Gasteiger partial charge in [0.2, 0.25) is 6.79 Å². The molecule has 1 amide bonds. The Kier molecular flexibility index (Phi) is 4.27. The number of carbonyl (C=O) groups is 1. The zero-order chi connectivity index (χ0) is 15.7. The Hall–Kier alpha value is -1.72. The van der Waals surface area contributed by atoms with Crippen LogP contribution in [0.25, 0.3) is 0 Å². The van der Waals surface area contributed by atoms with Crippen molar-refractivity contribution in [2.75, 3.05) is 6.79 Å². The second-order valence-electron chi connectivity index (χ2n) is 5.40. The number of fused-ring (bicyclic) bond motifs is 1. The molecule has 0 unspecified atom stereocenters. The van der Waals surface area contributed by atoms with Crippen LogP contribution in [0.1, 0.15) is 35.1 Å². The zero-order valence-corrected chi connectivity index (χ0v) is 13.8. The molecule has 2 heterocycles. The first-order chi connectivity index (χ1) is 10.6. The number of nitrogens with one attached hydrogen (secondary N) is 1. The molecule has 1 aromatic heterocycles. The molecule has 1 atom stereocenters. The van der Waals surface area contributed by atoms with Crippen LogP contribution in [0.2, 0.25) is 5.02 Å². The molecule has 0 saturated heterocycles. The topological polar surface area (TPSA) is 47.6 Å². The molecule has 0 fully saturated rings. The summed E-state index contributed by atoms with van der Waals surface area (Å²) >= 11 is 7.77. The third-order valence-corrected chi connectivity index (χ3v) is 4.73. The number of rotatable bonds is 4. The van der Waals surface area contributed by atoms with Crippen LogP contribution in [0, 0.1) is 5.92 Å². The van der Waals surface area contributed by atoms with Crippen molar-refractivity contribution in [3.8, 4) is 11.5 Å². The van der Waals surface area contributed by atoms with E-state index in [-0.39, 0.29) is 24.7 Å². The molecule has 1 N–H and O–H groups in total. The summed E-state index contributed by atoms with van der Waals surface area (Å²) in [6, 6.07) is 7.25. The Bertz CT molecular complexity index is 685. The van der Waals surface area contributed by atoms with Gasteiger partial charge in [0.25, 0.3) is 5.91 Å².